The first-order valence-corrected chi connectivity index (χ1v) is 9.52. The van der Waals surface area contributed by atoms with E-state index in [0.717, 1.165) is 22.6 Å². The van der Waals surface area contributed by atoms with E-state index < -0.39 is 5.97 Å². The third kappa shape index (κ3) is 3.79. The number of aromatic nitrogens is 3. The minimum absolute atomic E-state index is 0.329. The van der Waals surface area contributed by atoms with Gasteiger partial charge in [0.1, 0.15) is 0 Å². The topological polar surface area (TPSA) is 60.3 Å². The Kier molecular flexibility index (Phi) is 4.90. The van der Waals surface area contributed by atoms with Gasteiger partial charge in [-0.1, -0.05) is 23.5 Å². The van der Waals surface area contributed by atoms with E-state index in [-0.39, 0.29) is 0 Å². The van der Waals surface area contributed by atoms with Crippen molar-refractivity contribution in [3.63, 3.8) is 0 Å². The molecule has 4 aromatic rings. The molecule has 0 aliphatic heterocycles. The van der Waals surface area contributed by atoms with Crippen LogP contribution in [0.25, 0.3) is 16.9 Å². The second-order valence-electron chi connectivity index (χ2n) is 6.35. The van der Waals surface area contributed by atoms with Gasteiger partial charge in [-0.3, -0.25) is 0 Å². The molecule has 0 unspecified atom stereocenters. The molecule has 2 heterocycles. The molecule has 28 heavy (non-hydrogen) atoms. The normalized spacial score (nSPS) is 10.6. The van der Waals surface area contributed by atoms with E-state index in [9.17, 15) is 4.79 Å². The number of hydrogen-bond donors (Lipinski definition) is 0. The Morgan fingerprint density at radius 3 is 2.46 bits per heavy atom. The first-order chi connectivity index (χ1) is 13.6. The quantitative estimate of drug-likeness (QED) is 0.476. The fourth-order valence-corrected chi connectivity index (χ4v) is 3.36. The van der Waals surface area contributed by atoms with Gasteiger partial charge in [-0.15, -0.1) is 0 Å². The molecule has 0 aliphatic rings. The van der Waals surface area contributed by atoms with Crippen molar-refractivity contribution in [2.45, 2.75) is 0 Å². The van der Waals surface area contributed by atoms with E-state index in [1.165, 1.54) is 11.3 Å². The Hall–Kier alpha value is -3.45. The molecule has 0 fully saturated rings. The minimum atomic E-state index is -0.415. The van der Waals surface area contributed by atoms with Gasteiger partial charge in [0.25, 0.3) is 5.19 Å². The predicted octanol–water partition coefficient (Wildman–Crippen LogP) is 4.28. The number of carbonyl (C=O) groups is 1. The number of hydrogen-bond acceptors (Lipinski definition) is 6. The number of carbonyl (C=O) groups excluding carboxylic acids is 1. The third-order valence-corrected chi connectivity index (χ3v) is 4.97. The van der Waals surface area contributed by atoms with Gasteiger partial charge in [-0.05, 0) is 36.4 Å². The van der Waals surface area contributed by atoms with E-state index >= 15 is 0 Å². The lowest BCUT2D eigenvalue weighted by Crippen LogP contribution is -2.11. The van der Waals surface area contributed by atoms with Crippen LogP contribution < -0.4 is 9.64 Å². The second-order valence-corrected chi connectivity index (χ2v) is 7.17. The number of rotatable bonds is 5. The number of thiazole rings is 1. The van der Waals surface area contributed by atoms with Crippen molar-refractivity contribution < 1.29 is 9.53 Å². The van der Waals surface area contributed by atoms with Crippen molar-refractivity contribution in [3.8, 4) is 22.1 Å². The molecule has 7 heteroatoms. The van der Waals surface area contributed by atoms with Crippen molar-refractivity contribution >= 4 is 23.0 Å². The van der Waals surface area contributed by atoms with Crippen molar-refractivity contribution in [3.05, 3.63) is 78.2 Å². The molecule has 2 aromatic carbocycles. The van der Waals surface area contributed by atoms with Crippen LogP contribution in [0.15, 0.2) is 72.6 Å². The lowest BCUT2D eigenvalue weighted by Gasteiger charge is -2.12. The van der Waals surface area contributed by atoms with Crippen LogP contribution in [0.3, 0.4) is 0 Å². The molecule has 0 spiro atoms. The molecule has 0 aliphatic carbocycles. The second kappa shape index (κ2) is 7.66. The Labute approximate surface area is 166 Å². The Bertz CT molecular complexity index is 1070. The molecular weight excluding hydrogens is 372 g/mol. The molecule has 6 nitrogen and oxygen atoms in total. The molecular formula is C21H18N4O2S. The molecule has 0 N–H and O–H groups in total. The van der Waals surface area contributed by atoms with Crippen molar-refractivity contribution in [2.75, 3.05) is 19.0 Å². The lowest BCUT2D eigenvalue weighted by atomic mass is 10.1. The molecule has 4 rings (SSSR count). The van der Waals surface area contributed by atoms with Crippen LogP contribution in [-0.2, 0) is 0 Å². The first kappa shape index (κ1) is 17.9. The number of benzene rings is 2. The lowest BCUT2D eigenvalue weighted by molar-refractivity contribution is 0.0734. The van der Waals surface area contributed by atoms with Crippen molar-refractivity contribution in [2.24, 2.45) is 0 Å². The summed E-state index contributed by atoms with van der Waals surface area (Å²) in [5.41, 5.74) is 4.26. The zero-order valence-corrected chi connectivity index (χ0v) is 16.3. The van der Waals surface area contributed by atoms with Gasteiger partial charge < -0.3 is 14.2 Å². The summed E-state index contributed by atoms with van der Waals surface area (Å²) in [7, 11) is 3.90. The van der Waals surface area contributed by atoms with Gasteiger partial charge in [0.05, 0.1) is 17.6 Å². The van der Waals surface area contributed by atoms with E-state index in [4.69, 9.17) is 4.74 Å². The Morgan fingerprint density at radius 2 is 1.82 bits per heavy atom. The van der Waals surface area contributed by atoms with E-state index in [1.54, 1.807) is 24.7 Å². The van der Waals surface area contributed by atoms with Crippen LogP contribution in [-0.4, -0.2) is 34.6 Å². The van der Waals surface area contributed by atoms with Gasteiger partial charge in [-0.25, -0.2) is 14.8 Å². The maximum atomic E-state index is 12.3. The number of anilines is 1. The summed E-state index contributed by atoms with van der Waals surface area (Å²) in [5.74, 6) is -0.415. The number of ether oxygens (including phenoxy) is 1. The molecule has 0 atom stereocenters. The highest BCUT2D eigenvalue weighted by molar-refractivity contribution is 7.11. The molecule has 0 bridgehead atoms. The molecule has 0 saturated heterocycles. The fraction of sp³-hybridized carbons (Fsp3) is 0.0952. The van der Waals surface area contributed by atoms with Gasteiger partial charge in [0.15, 0.2) is 0 Å². The van der Waals surface area contributed by atoms with E-state index in [0.29, 0.717) is 10.8 Å². The van der Waals surface area contributed by atoms with E-state index in [2.05, 4.69) is 9.97 Å². The monoisotopic (exact) mass is 390 g/mol. The number of esters is 1. The summed E-state index contributed by atoms with van der Waals surface area (Å²) in [5, 5.41) is 2.21. The standard InChI is InChI=1S/C21H18N4O2S/c1-24(2)17-7-5-16(6-8-17)20(26)27-21-23-19(13-28-21)15-3-9-18(10-4-15)25-12-11-22-14-25/h3-14H,1-2H3. The van der Waals surface area contributed by atoms with Crippen LogP contribution in [0, 0.1) is 0 Å². The van der Waals surface area contributed by atoms with Crippen LogP contribution in [0.4, 0.5) is 5.69 Å². The van der Waals surface area contributed by atoms with Crippen LogP contribution in [0.5, 0.6) is 5.19 Å². The molecule has 140 valence electrons. The minimum Gasteiger partial charge on any atom is -0.394 e. The summed E-state index contributed by atoms with van der Waals surface area (Å²) in [6, 6.07) is 15.2. The predicted molar refractivity (Wildman–Crippen MR) is 110 cm³/mol. The number of nitrogens with zero attached hydrogens (tertiary/aromatic N) is 4. The van der Waals surface area contributed by atoms with Crippen LogP contribution in [0.1, 0.15) is 10.4 Å². The Balaban J connectivity index is 1.46. The molecule has 2 aromatic heterocycles. The smallest absolute Gasteiger partial charge is 0.345 e. The maximum absolute atomic E-state index is 12.3. The van der Waals surface area contributed by atoms with Gasteiger partial charge in [0.2, 0.25) is 0 Å². The van der Waals surface area contributed by atoms with Crippen molar-refractivity contribution in [1.82, 2.24) is 14.5 Å². The summed E-state index contributed by atoms with van der Waals surface area (Å²) in [4.78, 5) is 22.8. The van der Waals surface area contributed by atoms with Crippen molar-refractivity contribution in [1.29, 1.82) is 0 Å². The summed E-state index contributed by atoms with van der Waals surface area (Å²) >= 11 is 1.30. The average molecular weight is 390 g/mol. The molecule has 0 saturated carbocycles. The number of imidazole rings is 1. The van der Waals surface area contributed by atoms with Gasteiger partial charge in [-0.2, -0.15) is 0 Å². The zero-order valence-electron chi connectivity index (χ0n) is 15.4. The summed E-state index contributed by atoms with van der Waals surface area (Å²) in [6.45, 7) is 0. The fourth-order valence-electron chi connectivity index (χ4n) is 2.69. The summed E-state index contributed by atoms with van der Waals surface area (Å²) < 4.78 is 7.36. The van der Waals surface area contributed by atoms with Crippen LogP contribution >= 0.6 is 11.3 Å². The average Bonchev–Trinajstić information content (AvgIpc) is 3.40. The van der Waals surface area contributed by atoms with Gasteiger partial charge in [0, 0.05) is 48.8 Å². The highest BCUT2D eigenvalue weighted by Gasteiger charge is 2.13. The Morgan fingerprint density at radius 1 is 1.07 bits per heavy atom. The van der Waals surface area contributed by atoms with E-state index in [1.807, 2.05) is 71.5 Å². The van der Waals surface area contributed by atoms with Gasteiger partial charge >= 0.3 is 5.97 Å². The highest BCUT2D eigenvalue weighted by Crippen LogP contribution is 2.28. The highest BCUT2D eigenvalue weighted by atomic mass is 32.1. The molecule has 0 radical (unpaired) electrons. The molecule has 0 amide bonds. The summed E-state index contributed by atoms with van der Waals surface area (Å²) in [6.07, 6.45) is 5.38. The maximum Gasteiger partial charge on any atom is 0.345 e. The third-order valence-electron chi connectivity index (χ3n) is 4.25. The van der Waals surface area contributed by atoms with Crippen LogP contribution in [0.2, 0.25) is 0 Å². The zero-order chi connectivity index (χ0) is 19.5. The largest absolute Gasteiger partial charge is 0.394 e. The first-order valence-electron chi connectivity index (χ1n) is 8.64. The SMILES string of the molecule is CN(C)c1ccc(C(=O)Oc2nc(-c3ccc(-n4ccnc4)cc3)cs2)cc1.